The van der Waals surface area contributed by atoms with Gasteiger partial charge in [-0.15, -0.1) is 0 Å². The number of aliphatic hydroxyl groups is 1. The van der Waals surface area contributed by atoms with Crippen molar-refractivity contribution < 1.29 is 53.4 Å². The molecular formula is C44H55N3O11. The molecule has 3 heterocycles. The number of ether oxygens (including phenoxy) is 4. The molecular weight excluding hydrogens is 746 g/mol. The van der Waals surface area contributed by atoms with E-state index in [1.165, 1.54) is 34.1 Å². The first-order valence-electron chi connectivity index (χ1n) is 19.5. The van der Waals surface area contributed by atoms with Crippen LogP contribution in [-0.4, -0.2) is 76.6 Å². The summed E-state index contributed by atoms with van der Waals surface area (Å²) in [6, 6.07) is 0. The number of carbonyl (C=O) groups is 4. The predicted molar refractivity (Wildman–Crippen MR) is 221 cm³/mol. The van der Waals surface area contributed by atoms with E-state index in [0.717, 1.165) is 6.42 Å². The van der Waals surface area contributed by atoms with E-state index in [9.17, 15) is 34.5 Å². The summed E-state index contributed by atoms with van der Waals surface area (Å²) in [5.41, 5.74) is 1.33. The minimum atomic E-state index is -1.93. The van der Waals surface area contributed by atoms with Crippen molar-refractivity contribution in [1.29, 1.82) is 0 Å². The van der Waals surface area contributed by atoms with E-state index in [0.29, 0.717) is 18.3 Å². The lowest BCUT2D eigenvalue weighted by Gasteiger charge is -2.35. The van der Waals surface area contributed by atoms with E-state index in [-0.39, 0.29) is 68.0 Å². The van der Waals surface area contributed by atoms with E-state index >= 15 is 0 Å². The minimum absolute atomic E-state index is 0.0207. The quantitative estimate of drug-likeness (QED) is 0.0220. The highest BCUT2D eigenvalue weighted by Crippen LogP contribution is 2.59. The third-order valence-corrected chi connectivity index (χ3v) is 11.3. The molecule has 0 fully saturated rings. The Morgan fingerprint density at radius 2 is 1.83 bits per heavy atom. The molecule has 0 bridgehead atoms. The van der Waals surface area contributed by atoms with E-state index in [4.69, 9.17) is 18.9 Å². The number of aliphatic hydroxyl groups excluding tert-OH is 1. The van der Waals surface area contributed by atoms with Crippen molar-refractivity contribution in [3.63, 3.8) is 0 Å². The maximum Gasteiger partial charge on any atom is 0.312 e. The molecule has 0 saturated carbocycles. The number of ketones is 1. The van der Waals surface area contributed by atoms with Gasteiger partial charge in [0.25, 0.3) is 11.7 Å². The Morgan fingerprint density at radius 1 is 1.12 bits per heavy atom. The molecule has 3 aliphatic heterocycles. The summed E-state index contributed by atoms with van der Waals surface area (Å²) < 4.78 is 23.9. The number of benzene rings is 2. The highest BCUT2D eigenvalue weighted by atomic mass is 16.7. The lowest BCUT2D eigenvalue weighted by molar-refractivity contribution is -0.156. The zero-order valence-corrected chi connectivity index (χ0v) is 34.7. The number of anilines is 3. The minimum Gasteiger partial charge on any atom is -0.507 e. The van der Waals surface area contributed by atoms with Crippen molar-refractivity contribution in [3.05, 3.63) is 71.2 Å². The van der Waals surface area contributed by atoms with Gasteiger partial charge in [0.1, 0.15) is 35.7 Å². The summed E-state index contributed by atoms with van der Waals surface area (Å²) in [4.78, 5) is 53.7. The highest BCUT2D eigenvalue weighted by molar-refractivity contribution is 6.27. The standard InChI is InChI=1S/C44H55N3O11/c1-11-22(2)25(5)40(57-28(8)50)26(6)30(55-10)17-19-56-44(9)42(53)34-32-33(38(51)27(7)41(34)58-44)39(52)36(46-43(54)23(3)14-12-13-15-24(4)49)37-35(32)45-31-20-29(21-48)16-18-47(31)37/h12-14,16-22,24-26,30-31,40,45,49,51-52H,11,15H2,1-10H3,(H,46,54)/b13-12+,19-17+,23-14-/t22-,24+,25+,26+,30-,31?,40-,44-/m0/s1. The fourth-order valence-corrected chi connectivity index (χ4v) is 7.59. The molecule has 3 aliphatic rings. The summed E-state index contributed by atoms with van der Waals surface area (Å²) in [5.74, 6) is -4.38. The SMILES string of the molecule is CC[C@H](C)[C@@H](C)[C@H](OC(C)=O)[C@H](C)[C@H](/C=C/O[C@@]1(C)Oc2c(C)c(O)c3c(O)c(NC(=O)/C(C)=C\C=C\C[C@@H](C)O)c4c(c3c2C1=O)NC1C=C(C=O)C=CN41)OC. The van der Waals surface area contributed by atoms with Gasteiger partial charge >= 0.3 is 11.8 Å². The Morgan fingerprint density at radius 3 is 2.45 bits per heavy atom. The number of Topliss-reactive ketones (excluding diaryl/α,β-unsaturated/α-hetero) is 1. The zero-order valence-electron chi connectivity index (χ0n) is 34.7. The number of hydrogen-bond acceptors (Lipinski definition) is 13. The molecule has 0 aromatic heterocycles. The fourth-order valence-electron chi connectivity index (χ4n) is 7.59. The molecule has 1 unspecified atom stereocenters. The van der Waals surface area contributed by atoms with Crippen LogP contribution < -0.4 is 20.3 Å². The number of nitrogens with zero attached hydrogens (tertiary/aromatic N) is 1. The van der Waals surface area contributed by atoms with Crippen LogP contribution >= 0.6 is 0 Å². The van der Waals surface area contributed by atoms with E-state index in [2.05, 4.69) is 24.5 Å². The predicted octanol–water partition coefficient (Wildman–Crippen LogP) is 7.07. The van der Waals surface area contributed by atoms with Gasteiger partial charge in [-0.1, -0.05) is 52.3 Å². The molecule has 14 heteroatoms. The number of allylic oxidation sites excluding steroid dienone is 4. The number of rotatable bonds is 16. The number of phenols is 2. The first-order valence-corrected chi connectivity index (χ1v) is 19.5. The van der Waals surface area contributed by atoms with Crippen molar-refractivity contribution in [2.45, 2.75) is 105 Å². The number of phenolic OH excluding ortho intramolecular Hbond substituents is 2. The van der Waals surface area contributed by atoms with Gasteiger partial charge < -0.3 is 49.8 Å². The van der Waals surface area contributed by atoms with E-state index in [1.54, 1.807) is 61.4 Å². The largest absolute Gasteiger partial charge is 0.507 e. The van der Waals surface area contributed by atoms with Crippen LogP contribution in [0.5, 0.6) is 17.2 Å². The molecule has 14 nitrogen and oxygen atoms in total. The fraction of sp³-hybridized carbons (Fsp3) is 0.455. The van der Waals surface area contributed by atoms with Gasteiger partial charge in [-0.25, -0.2) is 0 Å². The van der Waals surface area contributed by atoms with Gasteiger partial charge in [0.15, 0.2) is 5.75 Å². The molecule has 0 radical (unpaired) electrons. The Labute approximate surface area is 338 Å². The smallest absolute Gasteiger partial charge is 0.312 e. The van der Waals surface area contributed by atoms with Crippen LogP contribution in [0.1, 0.15) is 84.2 Å². The normalized spacial score (nSPS) is 21.7. The summed E-state index contributed by atoms with van der Waals surface area (Å²) in [6.45, 7) is 15.7. The zero-order chi connectivity index (χ0) is 42.8. The van der Waals surface area contributed by atoms with E-state index in [1.807, 2.05) is 13.8 Å². The van der Waals surface area contributed by atoms with Crippen LogP contribution in [0.2, 0.25) is 0 Å². The number of nitrogens with one attached hydrogen (secondary N) is 2. The number of methoxy groups -OCH3 is 1. The van der Waals surface area contributed by atoms with Gasteiger partial charge in [-0.05, 0) is 57.3 Å². The average molecular weight is 802 g/mol. The molecule has 2 aromatic rings. The van der Waals surface area contributed by atoms with Gasteiger partial charge in [-0.3, -0.25) is 19.2 Å². The molecule has 58 heavy (non-hydrogen) atoms. The third-order valence-electron chi connectivity index (χ3n) is 11.3. The van der Waals surface area contributed by atoms with Crippen LogP contribution in [0.25, 0.3) is 10.8 Å². The molecule has 5 rings (SSSR count). The Hall–Kier alpha value is -5.60. The Kier molecular flexibility index (Phi) is 13.1. The molecule has 0 aliphatic carbocycles. The van der Waals surface area contributed by atoms with Gasteiger partial charge in [-0.2, -0.15) is 0 Å². The number of aldehydes is 1. The summed E-state index contributed by atoms with van der Waals surface area (Å²) in [5, 5.41) is 39.4. The first kappa shape index (κ1) is 43.5. The van der Waals surface area contributed by atoms with E-state index < -0.39 is 59.4 Å². The molecule has 2 aromatic carbocycles. The maximum atomic E-state index is 14.6. The maximum absolute atomic E-state index is 14.6. The van der Waals surface area contributed by atoms with Crippen LogP contribution in [0.4, 0.5) is 17.1 Å². The van der Waals surface area contributed by atoms with Crippen molar-refractivity contribution in [3.8, 4) is 17.2 Å². The second-order valence-electron chi connectivity index (χ2n) is 15.5. The van der Waals surface area contributed by atoms with Crippen molar-refractivity contribution in [1.82, 2.24) is 0 Å². The second kappa shape index (κ2) is 17.5. The van der Waals surface area contributed by atoms with Crippen LogP contribution in [0, 0.1) is 24.7 Å². The summed E-state index contributed by atoms with van der Waals surface area (Å²) in [6.07, 6.45) is 12.4. The van der Waals surface area contributed by atoms with Crippen LogP contribution in [0.15, 0.2) is 60.1 Å². The number of esters is 1. The number of aromatic hydroxyl groups is 2. The monoisotopic (exact) mass is 801 g/mol. The van der Waals surface area contributed by atoms with Crippen LogP contribution in [0.3, 0.4) is 0 Å². The lowest BCUT2D eigenvalue weighted by atomic mass is 9.81. The molecule has 0 spiro atoms. The molecule has 5 N–H and O–H groups in total. The molecule has 1 amide bonds. The Bertz CT molecular complexity index is 2130. The third kappa shape index (κ3) is 8.21. The number of amides is 1. The molecule has 312 valence electrons. The summed E-state index contributed by atoms with van der Waals surface area (Å²) in [7, 11) is 1.53. The van der Waals surface area contributed by atoms with Crippen molar-refractivity contribution >= 4 is 51.8 Å². The van der Waals surface area contributed by atoms with Crippen molar-refractivity contribution in [2.24, 2.45) is 17.8 Å². The Balaban J connectivity index is 1.57. The topological polar surface area (TPSA) is 193 Å². The van der Waals surface area contributed by atoms with Crippen LogP contribution in [-0.2, 0) is 28.6 Å². The van der Waals surface area contributed by atoms with Crippen molar-refractivity contribution in [2.75, 3.05) is 22.6 Å². The molecule has 0 saturated heterocycles. The summed E-state index contributed by atoms with van der Waals surface area (Å²) >= 11 is 0. The first-order chi connectivity index (χ1) is 27.4. The number of hydrogen-bond donors (Lipinski definition) is 5. The lowest BCUT2D eigenvalue weighted by Crippen LogP contribution is -2.40. The number of fused-ring (bicyclic) bond motifs is 7. The van der Waals surface area contributed by atoms with Gasteiger partial charge in [0, 0.05) is 55.2 Å². The van der Waals surface area contributed by atoms with Gasteiger partial charge in [0.2, 0.25) is 0 Å². The highest BCUT2D eigenvalue weighted by Gasteiger charge is 2.50. The average Bonchev–Trinajstić information content (AvgIpc) is 3.69. The van der Waals surface area contributed by atoms with Gasteiger partial charge in [0.05, 0.1) is 40.8 Å². The second-order valence-corrected chi connectivity index (χ2v) is 15.5. The number of carbonyl (C=O) groups excluding carboxylic acids is 4. The molecule has 8 atom stereocenters.